The number of nitrogens with one attached hydrogen (secondary N) is 1. The third-order valence-corrected chi connectivity index (χ3v) is 7.87. The van der Waals surface area contributed by atoms with E-state index in [9.17, 15) is 4.39 Å². The first-order chi connectivity index (χ1) is 15.6. The Morgan fingerprint density at radius 3 is 3.00 bits per heavy atom. The Kier molecular flexibility index (Phi) is 4.78. The van der Waals surface area contributed by atoms with Crippen molar-refractivity contribution < 1.29 is 4.39 Å². The summed E-state index contributed by atoms with van der Waals surface area (Å²) in [5.74, 6) is 0.558. The van der Waals surface area contributed by atoms with Crippen LogP contribution in [0.1, 0.15) is 36.7 Å². The van der Waals surface area contributed by atoms with Crippen molar-refractivity contribution in [3.05, 3.63) is 70.3 Å². The molecule has 5 nitrogen and oxygen atoms in total. The predicted molar refractivity (Wildman–Crippen MR) is 128 cm³/mol. The number of imidazole rings is 1. The number of benzene rings is 1. The van der Waals surface area contributed by atoms with Crippen LogP contribution in [0.4, 0.5) is 10.1 Å². The number of rotatable bonds is 3. The quantitative estimate of drug-likeness (QED) is 0.361. The summed E-state index contributed by atoms with van der Waals surface area (Å²) in [6, 6.07) is 7.81. The van der Waals surface area contributed by atoms with Crippen LogP contribution in [0.3, 0.4) is 0 Å². The van der Waals surface area contributed by atoms with Crippen LogP contribution in [-0.4, -0.2) is 32.4 Å². The maximum absolute atomic E-state index is 14.7. The standard InChI is InChI=1S/C24H21ClFN5S/c25-16-2-3-17(27)21(22(16)26)13-6-9-31-14(11-13)1-4-20(31)24-29-12-19(30-24)15-5-8-28-18-7-10-32-23(15)18/h2-3,5-8,10,12,14,20H,1,4,9,11,27H2,(H,29,30)/t14?,20-/m0/s1. The summed E-state index contributed by atoms with van der Waals surface area (Å²) >= 11 is 7.71. The van der Waals surface area contributed by atoms with Crippen LogP contribution in [0.25, 0.3) is 27.0 Å². The zero-order valence-electron chi connectivity index (χ0n) is 17.2. The molecule has 3 N–H and O–H groups in total. The van der Waals surface area contributed by atoms with Crippen molar-refractivity contribution in [2.75, 3.05) is 12.3 Å². The van der Waals surface area contributed by atoms with Gasteiger partial charge in [0, 0.05) is 35.6 Å². The van der Waals surface area contributed by atoms with Crippen molar-refractivity contribution >= 4 is 44.4 Å². The SMILES string of the molecule is Nc1ccc(Cl)c(F)c1C1=CCN2C(CC[C@H]2c2ncc(-c3ccnc4ccsc34)[nH]2)C1. The molecule has 4 aromatic rings. The van der Waals surface area contributed by atoms with Crippen molar-refractivity contribution in [3.8, 4) is 11.3 Å². The number of anilines is 1. The number of H-pyrrole nitrogens is 1. The Labute approximate surface area is 193 Å². The van der Waals surface area contributed by atoms with Gasteiger partial charge < -0.3 is 10.7 Å². The summed E-state index contributed by atoms with van der Waals surface area (Å²) in [7, 11) is 0. The van der Waals surface area contributed by atoms with E-state index in [2.05, 4.69) is 26.3 Å². The number of hydrogen-bond acceptors (Lipinski definition) is 5. The van der Waals surface area contributed by atoms with Crippen molar-refractivity contribution in [1.29, 1.82) is 0 Å². The van der Waals surface area contributed by atoms with E-state index in [0.29, 0.717) is 17.3 Å². The number of nitrogens with two attached hydrogens (primary N) is 1. The number of hydrogen-bond donors (Lipinski definition) is 2. The van der Waals surface area contributed by atoms with Crippen LogP contribution in [0.2, 0.25) is 5.02 Å². The lowest BCUT2D eigenvalue weighted by Crippen LogP contribution is -2.35. The fourth-order valence-electron chi connectivity index (χ4n) is 5.10. The monoisotopic (exact) mass is 465 g/mol. The number of aromatic amines is 1. The lowest BCUT2D eigenvalue weighted by atomic mass is 9.93. The normalized spacial score (nSPS) is 21.1. The summed E-state index contributed by atoms with van der Waals surface area (Å²) in [4.78, 5) is 15.2. The molecule has 3 aromatic heterocycles. The average molecular weight is 466 g/mol. The van der Waals surface area contributed by atoms with Crippen LogP contribution in [0.15, 0.2) is 48.1 Å². The fraction of sp³-hybridized carbons (Fsp3) is 0.250. The minimum Gasteiger partial charge on any atom is -0.398 e. The lowest BCUT2D eigenvalue weighted by Gasteiger charge is -2.33. The molecule has 6 rings (SSSR count). The molecule has 2 atom stereocenters. The van der Waals surface area contributed by atoms with Crippen LogP contribution in [0, 0.1) is 5.82 Å². The molecule has 32 heavy (non-hydrogen) atoms. The summed E-state index contributed by atoms with van der Waals surface area (Å²) in [5, 5.41) is 2.17. The summed E-state index contributed by atoms with van der Waals surface area (Å²) in [5.41, 5.74) is 11.1. The van der Waals surface area contributed by atoms with Crippen molar-refractivity contribution in [3.63, 3.8) is 0 Å². The molecule has 1 saturated heterocycles. The largest absolute Gasteiger partial charge is 0.398 e. The Morgan fingerprint density at radius 1 is 1.19 bits per heavy atom. The van der Waals surface area contributed by atoms with E-state index in [1.165, 1.54) is 10.8 Å². The van der Waals surface area contributed by atoms with E-state index in [1.807, 2.05) is 24.5 Å². The van der Waals surface area contributed by atoms with Gasteiger partial charge in [0.05, 0.1) is 33.2 Å². The number of halogens is 2. The Balaban J connectivity index is 1.28. The zero-order valence-corrected chi connectivity index (χ0v) is 18.8. The second-order valence-electron chi connectivity index (χ2n) is 8.38. The van der Waals surface area contributed by atoms with E-state index in [0.717, 1.165) is 54.0 Å². The van der Waals surface area contributed by atoms with Crippen molar-refractivity contribution in [2.24, 2.45) is 0 Å². The fourth-order valence-corrected chi connectivity index (χ4v) is 6.14. The maximum atomic E-state index is 14.7. The highest BCUT2D eigenvalue weighted by Crippen LogP contribution is 2.43. The molecule has 1 aromatic carbocycles. The molecule has 0 spiro atoms. The van der Waals surface area contributed by atoms with E-state index < -0.39 is 5.82 Å². The molecule has 2 aliphatic heterocycles. The molecule has 0 bridgehead atoms. The number of fused-ring (bicyclic) bond motifs is 2. The summed E-state index contributed by atoms with van der Waals surface area (Å²) in [6.45, 7) is 0.733. The minimum atomic E-state index is -0.422. The maximum Gasteiger partial charge on any atom is 0.151 e. The molecule has 162 valence electrons. The highest BCUT2D eigenvalue weighted by atomic mass is 35.5. The smallest absolute Gasteiger partial charge is 0.151 e. The highest BCUT2D eigenvalue weighted by molar-refractivity contribution is 7.17. The van der Waals surface area contributed by atoms with Gasteiger partial charge in [0.1, 0.15) is 5.82 Å². The second kappa shape index (κ2) is 7.69. The molecular weight excluding hydrogens is 445 g/mol. The van der Waals surface area contributed by atoms with Crippen molar-refractivity contribution in [1.82, 2.24) is 19.9 Å². The lowest BCUT2D eigenvalue weighted by molar-refractivity contribution is 0.205. The second-order valence-corrected chi connectivity index (χ2v) is 9.70. The van der Waals surface area contributed by atoms with Gasteiger partial charge in [-0.3, -0.25) is 9.88 Å². The third kappa shape index (κ3) is 3.15. The molecule has 0 saturated carbocycles. The Bertz CT molecular complexity index is 1360. The molecular formula is C24H21ClFN5S. The molecule has 5 heterocycles. The first kappa shape index (κ1) is 19.9. The minimum absolute atomic E-state index is 0.112. The number of aromatic nitrogens is 3. The number of nitrogens with zero attached hydrogens (tertiary/aromatic N) is 3. The molecule has 2 aliphatic rings. The van der Waals surface area contributed by atoms with Gasteiger partial charge in [-0.25, -0.2) is 9.37 Å². The van der Waals surface area contributed by atoms with Crippen LogP contribution < -0.4 is 5.73 Å². The van der Waals surface area contributed by atoms with Gasteiger partial charge >= 0.3 is 0 Å². The summed E-state index contributed by atoms with van der Waals surface area (Å²) < 4.78 is 15.9. The number of nitrogen functional groups attached to an aromatic ring is 1. The molecule has 1 unspecified atom stereocenters. The van der Waals surface area contributed by atoms with Gasteiger partial charge in [-0.2, -0.15) is 0 Å². The number of thiophene rings is 1. The van der Waals surface area contributed by atoms with Gasteiger partial charge in [0.25, 0.3) is 0 Å². The molecule has 8 heteroatoms. The zero-order chi connectivity index (χ0) is 21.8. The predicted octanol–water partition coefficient (Wildman–Crippen LogP) is 6.05. The molecule has 1 fully saturated rings. The summed E-state index contributed by atoms with van der Waals surface area (Å²) in [6.07, 6.45) is 8.65. The molecule has 0 aliphatic carbocycles. The van der Waals surface area contributed by atoms with Gasteiger partial charge in [0.15, 0.2) is 5.82 Å². The van der Waals surface area contributed by atoms with E-state index >= 15 is 0 Å². The average Bonchev–Trinajstić information content (AvgIpc) is 3.55. The van der Waals surface area contributed by atoms with Gasteiger partial charge in [-0.1, -0.05) is 17.7 Å². The topological polar surface area (TPSA) is 70.8 Å². The first-order valence-corrected chi connectivity index (χ1v) is 11.9. The highest BCUT2D eigenvalue weighted by Gasteiger charge is 2.38. The van der Waals surface area contributed by atoms with Gasteiger partial charge in [-0.05, 0) is 54.5 Å². The van der Waals surface area contributed by atoms with Gasteiger partial charge in [-0.15, -0.1) is 11.3 Å². The van der Waals surface area contributed by atoms with E-state index in [-0.39, 0.29) is 11.1 Å². The van der Waals surface area contributed by atoms with Crippen molar-refractivity contribution in [2.45, 2.75) is 31.3 Å². The Hall–Kier alpha value is -2.74. The molecule has 0 amide bonds. The van der Waals surface area contributed by atoms with E-state index in [4.69, 9.17) is 22.3 Å². The third-order valence-electron chi connectivity index (χ3n) is 6.64. The van der Waals surface area contributed by atoms with Crippen LogP contribution in [0.5, 0.6) is 0 Å². The number of pyridine rings is 1. The Morgan fingerprint density at radius 2 is 2.09 bits per heavy atom. The first-order valence-electron chi connectivity index (χ1n) is 10.7. The van der Waals surface area contributed by atoms with Gasteiger partial charge in [0.2, 0.25) is 0 Å². The van der Waals surface area contributed by atoms with E-state index in [1.54, 1.807) is 17.4 Å². The van der Waals surface area contributed by atoms with Crippen LogP contribution in [-0.2, 0) is 0 Å². The van der Waals surface area contributed by atoms with Crippen LogP contribution >= 0.6 is 22.9 Å². The molecule has 0 radical (unpaired) electrons.